The zero-order chi connectivity index (χ0) is 26.0. The largest absolute Gasteiger partial charge is 0.379 e. The highest BCUT2D eigenvalue weighted by Gasteiger charge is 2.15. The fourth-order valence-corrected chi connectivity index (χ4v) is 4.86. The maximum Gasteiger partial charge on any atom is 0.262 e. The SMILES string of the molecule is Cc1cc(NC(=O)CSc2nc3ccccc3c(=O)n2CCCC(=O)NCCCN2CCOCC2)no1. The van der Waals surface area contributed by atoms with Gasteiger partial charge in [-0.1, -0.05) is 29.1 Å². The lowest BCUT2D eigenvalue weighted by atomic mass is 10.2. The van der Waals surface area contributed by atoms with E-state index in [0.717, 1.165) is 39.3 Å². The normalized spacial score (nSPS) is 14.1. The molecule has 198 valence electrons. The minimum atomic E-state index is -0.288. The quantitative estimate of drug-likeness (QED) is 0.206. The predicted octanol–water partition coefficient (Wildman–Crippen LogP) is 2.04. The fourth-order valence-electron chi connectivity index (χ4n) is 4.03. The van der Waals surface area contributed by atoms with Crippen molar-refractivity contribution in [3.8, 4) is 0 Å². The van der Waals surface area contributed by atoms with E-state index >= 15 is 0 Å². The molecule has 2 aromatic heterocycles. The second-order valence-corrected chi connectivity index (χ2v) is 9.73. The number of nitrogens with zero attached hydrogens (tertiary/aromatic N) is 4. The molecule has 0 atom stereocenters. The van der Waals surface area contributed by atoms with Gasteiger partial charge in [-0.05, 0) is 38.4 Å². The summed E-state index contributed by atoms with van der Waals surface area (Å²) in [7, 11) is 0. The summed E-state index contributed by atoms with van der Waals surface area (Å²) in [5.41, 5.74) is 0.378. The first-order chi connectivity index (χ1) is 18.0. The zero-order valence-electron chi connectivity index (χ0n) is 20.9. The molecule has 4 rings (SSSR count). The lowest BCUT2D eigenvalue weighted by molar-refractivity contribution is -0.121. The lowest BCUT2D eigenvalue weighted by Gasteiger charge is -2.26. The van der Waals surface area contributed by atoms with Gasteiger partial charge in [-0.25, -0.2) is 4.98 Å². The van der Waals surface area contributed by atoms with Crippen LogP contribution in [0, 0.1) is 6.92 Å². The molecule has 1 fully saturated rings. The highest BCUT2D eigenvalue weighted by Crippen LogP contribution is 2.19. The van der Waals surface area contributed by atoms with Crippen molar-refractivity contribution in [3.63, 3.8) is 0 Å². The number of ether oxygens (including phenoxy) is 1. The second-order valence-electron chi connectivity index (χ2n) is 8.79. The number of anilines is 1. The summed E-state index contributed by atoms with van der Waals surface area (Å²) in [5, 5.41) is 10.3. The number of carbonyl (C=O) groups excluding carboxylic acids is 2. The van der Waals surface area contributed by atoms with Gasteiger partial charge in [0.15, 0.2) is 11.0 Å². The summed E-state index contributed by atoms with van der Waals surface area (Å²) in [6.45, 7) is 7.02. The van der Waals surface area contributed by atoms with Crippen LogP contribution in [0.3, 0.4) is 0 Å². The molecular weight excluding hydrogens is 496 g/mol. The standard InChI is InChI=1S/C25H32N6O5S/c1-18-16-21(29-36-18)28-23(33)17-37-25-27-20-7-3-2-6-19(20)24(34)31(25)11-4-8-22(32)26-9-5-10-30-12-14-35-15-13-30/h2-3,6-7,16H,4-5,8-15,17H2,1H3,(H,26,32)(H,28,29,33). The van der Waals surface area contributed by atoms with E-state index in [0.29, 0.717) is 53.6 Å². The number of nitrogens with one attached hydrogen (secondary N) is 2. The van der Waals surface area contributed by atoms with E-state index in [4.69, 9.17) is 9.26 Å². The Hall–Kier alpha value is -3.22. The maximum atomic E-state index is 13.2. The van der Waals surface area contributed by atoms with E-state index in [1.54, 1.807) is 35.8 Å². The van der Waals surface area contributed by atoms with Crippen molar-refractivity contribution >= 4 is 40.3 Å². The number of para-hydroxylation sites is 1. The average Bonchev–Trinajstić information content (AvgIpc) is 3.31. The maximum absolute atomic E-state index is 13.2. The predicted molar refractivity (Wildman–Crippen MR) is 141 cm³/mol. The van der Waals surface area contributed by atoms with Gasteiger partial charge in [-0.2, -0.15) is 0 Å². The molecule has 2 amide bonds. The van der Waals surface area contributed by atoms with Crippen LogP contribution in [0.1, 0.15) is 25.0 Å². The topological polar surface area (TPSA) is 132 Å². The van der Waals surface area contributed by atoms with Crippen LogP contribution in [0.25, 0.3) is 10.9 Å². The van der Waals surface area contributed by atoms with E-state index < -0.39 is 0 Å². The summed E-state index contributed by atoms with van der Waals surface area (Å²) < 4.78 is 11.9. The van der Waals surface area contributed by atoms with Gasteiger partial charge in [-0.3, -0.25) is 23.9 Å². The van der Waals surface area contributed by atoms with Crippen molar-refractivity contribution in [2.75, 3.05) is 50.5 Å². The number of amides is 2. The van der Waals surface area contributed by atoms with E-state index in [2.05, 4.69) is 25.7 Å². The molecule has 0 spiro atoms. The highest BCUT2D eigenvalue weighted by molar-refractivity contribution is 7.99. The molecule has 1 aromatic carbocycles. The molecule has 0 aliphatic carbocycles. The molecule has 2 N–H and O–H groups in total. The van der Waals surface area contributed by atoms with Crippen molar-refractivity contribution in [2.24, 2.45) is 0 Å². The summed E-state index contributed by atoms with van der Waals surface area (Å²) in [4.78, 5) is 44.9. The van der Waals surface area contributed by atoms with Crippen LogP contribution in [0.2, 0.25) is 0 Å². The van der Waals surface area contributed by atoms with Crippen molar-refractivity contribution in [3.05, 3.63) is 46.4 Å². The number of fused-ring (bicyclic) bond motifs is 1. The van der Waals surface area contributed by atoms with Crippen LogP contribution in [0.5, 0.6) is 0 Å². The van der Waals surface area contributed by atoms with E-state index in [1.165, 1.54) is 11.8 Å². The summed E-state index contributed by atoms with van der Waals surface area (Å²) >= 11 is 1.17. The van der Waals surface area contributed by atoms with Crippen molar-refractivity contribution in [1.29, 1.82) is 0 Å². The van der Waals surface area contributed by atoms with Gasteiger partial charge < -0.3 is 19.9 Å². The molecule has 37 heavy (non-hydrogen) atoms. The molecular formula is C25H32N6O5S. The number of aryl methyl sites for hydroxylation is 1. The lowest BCUT2D eigenvalue weighted by Crippen LogP contribution is -2.38. The van der Waals surface area contributed by atoms with Crippen LogP contribution in [0.15, 0.2) is 44.8 Å². The van der Waals surface area contributed by atoms with Crippen LogP contribution in [-0.2, 0) is 20.9 Å². The molecule has 1 aliphatic rings. The molecule has 0 radical (unpaired) electrons. The zero-order valence-corrected chi connectivity index (χ0v) is 21.7. The molecule has 0 saturated carbocycles. The molecule has 12 heteroatoms. The molecule has 0 unspecified atom stereocenters. The van der Waals surface area contributed by atoms with Crippen molar-refractivity contribution in [2.45, 2.75) is 37.9 Å². The minimum Gasteiger partial charge on any atom is -0.379 e. The Labute approximate surface area is 218 Å². The number of hydrogen-bond acceptors (Lipinski definition) is 9. The van der Waals surface area contributed by atoms with Gasteiger partial charge in [-0.15, -0.1) is 0 Å². The van der Waals surface area contributed by atoms with Gasteiger partial charge in [0.2, 0.25) is 11.8 Å². The number of aromatic nitrogens is 3. The van der Waals surface area contributed by atoms with Crippen LogP contribution < -0.4 is 16.2 Å². The van der Waals surface area contributed by atoms with Gasteiger partial charge in [0.05, 0.1) is 29.9 Å². The van der Waals surface area contributed by atoms with E-state index in [-0.39, 0.29) is 23.1 Å². The Morgan fingerprint density at radius 1 is 1.11 bits per heavy atom. The van der Waals surface area contributed by atoms with Crippen LogP contribution in [0.4, 0.5) is 5.82 Å². The fraction of sp³-hybridized carbons (Fsp3) is 0.480. The number of benzene rings is 1. The number of thioether (sulfide) groups is 1. The Morgan fingerprint density at radius 2 is 1.92 bits per heavy atom. The molecule has 1 aliphatic heterocycles. The molecule has 3 heterocycles. The van der Waals surface area contributed by atoms with Crippen LogP contribution >= 0.6 is 11.8 Å². The first-order valence-electron chi connectivity index (χ1n) is 12.4. The minimum absolute atomic E-state index is 0.0414. The van der Waals surface area contributed by atoms with Crippen molar-refractivity contribution < 1.29 is 18.8 Å². The van der Waals surface area contributed by atoms with Gasteiger partial charge in [0.25, 0.3) is 5.56 Å². The molecule has 11 nitrogen and oxygen atoms in total. The molecule has 1 saturated heterocycles. The monoisotopic (exact) mass is 528 g/mol. The first kappa shape index (κ1) is 26.8. The summed E-state index contributed by atoms with van der Waals surface area (Å²) in [5.74, 6) is 0.640. The first-order valence-corrected chi connectivity index (χ1v) is 13.4. The van der Waals surface area contributed by atoms with E-state index in [9.17, 15) is 14.4 Å². The third kappa shape index (κ3) is 7.88. The summed E-state index contributed by atoms with van der Waals surface area (Å²) in [6, 6.07) is 8.74. The number of morpholine rings is 1. The molecule has 0 bridgehead atoms. The van der Waals surface area contributed by atoms with Crippen LogP contribution in [-0.4, -0.2) is 76.6 Å². The third-order valence-corrected chi connectivity index (χ3v) is 6.89. The van der Waals surface area contributed by atoms with Crippen molar-refractivity contribution in [1.82, 2.24) is 24.9 Å². The van der Waals surface area contributed by atoms with Gasteiger partial charge >= 0.3 is 0 Å². The second kappa shape index (κ2) is 13.4. The number of rotatable bonds is 12. The Kier molecular flexibility index (Phi) is 9.69. The van der Waals surface area contributed by atoms with E-state index in [1.807, 2.05) is 6.07 Å². The van der Waals surface area contributed by atoms with Gasteiger partial charge in [0.1, 0.15) is 5.76 Å². The third-order valence-electron chi connectivity index (χ3n) is 5.92. The summed E-state index contributed by atoms with van der Waals surface area (Å²) in [6.07, 6.45) is 1.66. The number of carbonyl (C=O) groups is 2. The highest BCUT2D eigenvalue weighted by atomic mass is 32.2. The Morgan fingerprint density at radius 3 is 2.70 bits per heavy atom. The Bertz CT molecular complexity index is 1270. The number of hydrogen-bond donors (Lipinski definition) is 2. The Balaban J connectivity index is 1.31. The molecule has 3 aromatic rings. The smallest absolute Gasteiger partial charge is 0.262 e. The average molecular weight is 529 g/mol. The van der Waals surface area contributed by atoms with Gasteiger partial charge in [0, 0.05) is 38.7 Å².